The third kappa shape index (κ3) is 5.01. The molecule has 0 fully saturated rings. The van der Waals surface area contributed by atoms with Gasteiger partial charge in [-0.25, -0.2) is 4.79 Å². The van der Waals surface area contributed by atoms with Gasteiger partial charge in [0.05, 0.1) is 0 Å². The molecule has 6 heteroatoms. The number of quaternary nitrogens is 1. The molecule has 6 N–H and O–H groups in total. The molecule has 0 aliphatic heterocycles. The summed E-state index contributed by atoms with van der Waals surface area (Å²) in [5.41, 5.74) is 0. The van der Waals surface area contributed by atoms with Gasteiger partial charge in [0.25, 0.3) is 0 Å². The number of aliphatic hydroxyl groups excluding tert-OH is 1. The summed E-state index contributed by atoms with van der Waals surface area (Å²) in [6.45, 7) is 0. The fraction of sp³-hybridized carbons (Fsp3) is 0.500. The van der Waals surface area contributed by atoms with Crippen LogP contribution < -0.4 is 11.3 Å². The Morgan fingerprint density at radius 3 is 2.00 bits per heavy atom. The van der Waals surface area contributed by atoms with Gasteiger partial charge in [0.1, 0.15) is 0 Å². The number of hydrogen-bond acceptors (Lipinski definition) is 4. The minimum absolute atomic E-state index is 0. The van der Waals surface area contributed by atoms with E-state index < -0.39 is 24.5 Å². The van der Waals surface area contributed by atoms with Crippen molar-refractivity contribution in [2.45, 2.75) is 12.5 Å². The lowest BCUT2D eigenvalue weighted by atomic mass is 10.3. The van der Waals surface area contributed by atoms with Crippen LogP contribution in [0.2, 0.25) is 0 Å². The summed E-state index contributed by atoms with van der Waals surface area (Å²) in [6, 6.07) is 0. The van der Waals surface area contributed by atoms with Crippen molar-refractivity contribution < 1.29 is 24.9 Å². The summed E-state index contributed by atoms with van der Waals surface area (Å²) >= 11 is 0. The number of carbonyl (C=O) groups excluding carboxylic acids is 1. The van der Waals surface area contributed by atoms with Crippen LogP contribution in [0.3, 0.4) is 0 Å². The third-order valence-electron chi connectivity index (χ3n) is 0.645. The third-order valence-corrected chi connectivity index (χ3v) is 0.645. The van der Waals surface area contributed by atoms with Crippen molar-refractivity contribution in [2.75, 3.05) is 0 Å². The normalized spacial score (nSPS) is 11.3. The Bertz CT molecular complexity index is 134. The maximum Gasteiger partial charge on any atom is 0.332 e. The van der Waals surface area contributed by atoms with Crippen LogP contribution in [0.15, 0.2) is 0 Å². The Hall–Kier alpha value is -1.14. The highest BCUT2D eigenvalue weighted by Crippen LogP contribution is 1.87. The van der Waals surface area contributed by atoms with Crippen LogP contribution in [0.25, 0.3) is 0 Å². The fourth-order valence-electron chi connectivity index (χ4n) is 0.245. The Balaban J connectivity index is 0. The van der Waals surface area contributed by atoms with E-state index in [1.54, 1.807) is 0 Å². The Kier molecular flexibility index (Phi) is 5.48. The number of carboxylic acid groups (broad SMARTS) is 2. The van der Waals surface area contributed by atoms with Crippen LogP contribution in [0, 0.1) is 0 Å². The molecule has 0 amide bonds. The molecule has 1 atom stereocenters. The minimum Gasteiger partial charge on any atom is -0.550 e. The first-order valence-electron chi connectivity index (χ1n) is 2.14. The first-order valence-corrected chi connectivity index (χ1v) is 2.14. The quantitative estimate of drug-likeness (QED) is 0.426. The predicted molar refractivity (Wildman–Crippen MR) is 29.3 cm³/mol. The summed E-state index contributed by atoms with van der Waals surface area (Å²) in [7, 11) is 0. The molecular formula is C4H9NO5. The fourth-order valence-corrected chi connectivity index (χ4v) is 0.245. The van der Waals surface area contributed by atoms with Gasteiger partial charge in [-0.3, -0.25) is 0 Å². The molecule has 1 unspecified atom stereocenters. The smallest absolute Gasteiger partial charge is 0.332 e. The van der Waals surface area contributed by atoms with E-state index in [4.69, 9.17) is 10.2 Å². The zero-order chi connectivity index (χ0) is 7.44. The summed E-state index contributed by atoms with van der Waals surface area (Å²) in [5, 5.41) is 25.7. The van der Waals surface area contributed by atoms with Gasteiger partial charge < -0.3 is 26.3 Å². The largest absolute Gasteiger partial charge is 0.550 e. The van der Waals surface area contributed by atoms with Crippen LogP contribution in [0.5, 0.6) is 0 Å². The van der Waals surface area contributed by atoms with Crippen LogP contribution in [0.4, 0.5) is 0 Å². The van der Waals surface area contributed by atoms with Crippen molar-refractivity contribution in [3.63, 3.8) is 0 Å². The molecule has 60 valence electrons. The zero-order valence-electron chi connectivity index (χ0n) is 5.40. The average Bonchev–Trinajstić information content (AvgIpc) is 1.63. The maximum atomic E-state index is 9.69. The SMILES string of the molecule is O=C([O-])CC(O)C(=O)O.[NH4+]. The van der Waals surface area contributed by atoms with Crippen molar-refractivity contribution in [3.05, 3.63) is 0 Å². The highest BCUT2D eigenvalue weighted by molar-refractivity contribution is 5.78. The van der Waals surface area contributed by atoms with Gasteiger partial charge in [0.2, 0.25) is 0 Å². The number of carboxylic acids is 2. The Morgan fingerprint density at radius 1 is 1.50 bits per heavy atom. The predicted octanol–water partition coefficient (Wildman–Crippen LogP) is -2.05. The van der Waals surface area contributed by atoms with E-state index in [9.17, 15) is 14.7 Å². The number of rotatable bonds is 3. The van der Waals surface area contributed by atoms with Crippen molar-refractivity contribution in [1.29, 1.82) is 0 Å². The van der Waals surface area contributed by atoms with Gasteiger partial charge in [0, 0.05) is 12.4 Å². The van der Waals surface area contributed by atoms with Gasteiger partial charge in [0.15, 0.2) is 6.10 Å². The van der Waals surface area contributed by atoms with Crippen molar-refractivity contribution in [1.82, 2.24) is 6.15 Å². The molecule has 0 bridgehead atoms. The lowest BCUT2D eigenvalue weighted by molar-refractivity contribution is -0.307. The lowest BCUT2D eigenvalue weighted by Gasteiger charge is -2.03. The first kappa shape index (κ1) is 11.6. The topological polar surface area (TPSA) is 134 Å². The standard InChI is InChI=1S/C4H6O5.H3N/c5-2(4(8)9)1-3(6)7;/h2,5H,1H2,(H,6,7)(H,8,9);1H3. The van der Waals surface area contributed by atoms with Crippen LogP contribution in [-0.2, 0) is 9.59 Å². The Morgan fingerprint density at radius 2 is 1.90 bits per heavy atom. The summed E-state index contributed by atoms with van der Waals surface area (Å²) in [6.07, 6.45) is -2.72. The molecule has 0 saturated heterocycles. The highest BCUT2D eigenvalue weighted by Gasteiger charge is 2.11. The summed E-state index contributed by atoms with van der Waals surface area (Å²) < 4.78 is 0. The second-order valence-electron chi connectivity index (χ2n) is 1.43. The van der Waals surface area contributed by atoms with E-state index in [0.29, 0.717) is 0 Å². The molecule has 0 aliphatic rings. The van der Waals surface area contributed by atoms with Crippen LogP contribution in [0.1, 0.15) is 6.42 Å². The molecule has 0 spiro atoms. The Labute approximate surface area is 56.7 Å². The first-order chi connectivity index (χ1) is 4.04. The molecule has 0 rings (SSSR count). The summed E-state index contributed by atoms with van der Waals surface area (Å²) in [5.74, 6) is -3.14. The van der Waals surface area contributed by atoms with Gasteiger partial charge in [-0.1, -0.05) is 0 Å². The molecule has 0 radical (unpaired) electrons. The number of aliphatic carboxylic acids is 2. The van der Waals surface area contributed by atoms with Gasteiger partial charge in [-0.2, -0.15) is 0 Å². The second-order valence-corrected chi connectivity index (χ2v) is 1.43. The second kappa shape index (κ2) is 4.71. The van der Waals surface area contributed by atoms with Crippen molar-refractivity contribution in [2.24, 2.45) is 0 Å². The number of hydrogen-bond donors (Lipinski definition) is 3. The molecule has 0 aromatic heterocycles. The molecule has 0 heterocycles. The molecule has 0 aromatic carbocycles. The van der Waals surface area contributed by atoms with Gasteiger partial charge in [-0.05, 0) is 0 Å². The van der Waals surface area contributed by atoms with E-state index >= 15 is 0 Å². The van der Waals surface area contributed by atoms with Crippen molar-refractivity contribution in [3.8, 4) is 0 Å². The average molecular weight is 151 g/mol. The minimum atomic E-state index is -1.85. The van der Waals surface area contributed by atoms with E-state index in [1.165, 1.54) is 0 Å². The van der Waals surface area contributed by atoms with Gasteiger partial charge >= 0.3 is 5.97 Å². The van der Waals surface area contributed by atoms with Crippen molar-refractivity contribution >= 4 is 11.9 Å². The van der Waals surface area contributed by atoms with E-state index in [1.807, 2.05) is 0 Å². The molecular weight excluding hydrogens is 142 g/mol. The highest BCUT2D eigenvalue weighted by atomic mass is 16.4. The number of aliphatic hydroxyl groups is 1. The molecule has 6 nitrogen and oxygen atoms in total. The lowest BCUT2D eigenvalue weighted by Crippen LogP contribution is -2.31. The maximum absolute atomic E-state index is 9.69. The summed E-state index contributed by atoms with van der Waals surface area (Å²) in [4.78, 5) is 19.3. The van der Waals surface area contributed by atoms with Gasteiger partial charge in [-0.15, -0.1) is 0 Å². The number of carbonyl (C=O) groups is 2. The molecule has 0 aliphatic carbocycles. The molecule has 10 heavy (non-hydrogen) atoms. The zero-order valence-corrected chi connectivity index (χ0v) is 5.40. The van der Waals surface area contributed by atoms with E-state index in [2.05, 4.69) is 0 Å². The monoisotopic (exact) mass is 151 g/mol. The van der Waals surface area contributed by atoms with Crippen LogP contribution >= 0.6 is 0 Å². The van der Waals surface area contributed by atoms with Crippen LogP contribution in [-0.4, -0.2) is 28.3 Å². The molecule has 0 aromatic rings. The molecule has 0 saturated carbocycles. The van der Waals surface area contributed by atoms with E-state index in [0.717, 1.165) is 0 Å². The van der Waals surface area contributed by atoms with E-state index in [-0.39, 0.29) is 6.15 Å².